The zero-order valence-electron chi connectivity index (χ0n) is 17.5. The molecule has 172 valence electrons. The number of benzene rings is 2. The van der Waals surface area contributed by atoms with Gasteiger partial charge in [0.15, 0.2) is 9.84 Å². The largest absolute Gasteiger partial charge is 0.507 e. The van der Waals surface area contributed by atoms with E-state index in [4.69, 9.17) is 16.3 Å². The number of halogens is 1. The molecule has 0 radical (unpaired) electrons. The fourth-order valence-corrected chi connectivity index (χ4v) is 6.07. The van der Waals surface area contributed by atoms with Crippen molar-refractivity contribution in [2.24, 2.45) is 0 Å². The van der Waals surface area contributed by atoms with Crippen molar-refractivity contribution in [1.82, 2.24) is 4.90 Å². The van der Waals surface area contributed by atoms with Crippen LogP contribution < -0.4 is 0 Å². The summed E-state index contributed by atoms with van der Waals surface area (Å²) in [5.41, 5.74) is 0.839. The van der Waals surface area contributed by atoms with Crippen molar-refractivity contribution >= 4 is 44.9 Å². The first-order valence-corrected chi connectivity index (χ1v) is 12.3. The van der Waals surface area contributed by atoms with Gasteiger partial charge in [0.2, 0.25) is 0 Å². The second-order valence-corrected chi connectivity index (χ2v) is 10.5. The van der Waals surface area contributed by atoms with Crippen molar-refractivity contribution in [3.63, 3.8) is 0 Å². The van der Waals surface area contributed by atoms with Gasteiger partial charge in [-0.3, -0.25) is 9.59 Å². The number of amides is 1. The Morgan fingerprint density at radius 1 is 1.06 bits per heavy atom. The van der Waals surface area contributed by atoms with Crippen molar-refractivity contribution in [2.75, 3.05) is 18.6 Å². The molecule has 2 aliphatic rings. The number of rotatable bonds is 4. The molecule has 0 saturated carbocycles. The van der Waals surface area contributed by atoms with Crippen LogP contribution in [0.25, 0.3) is 5.76 Å². The summed E-state index contributed by atoms with van der Waals surface area (Å²) in [5, 5.41) is 11.4. The standard InChI is InChI=1S/C23H20ClNO7S/c1-32-23(29)15-4-2-13(3-5-15)19-18(20(26)14-6-8-16(24)9-7-14)21(27)22(28)25(19)17-10-11-33(30,31)12-17/h2-9,17,19,26H,10-12H2,1H3/b20-18+. The molecule has 8 nitrogen and oxygen atoms in total. The van der Waals surface area contributed by atoms with Crippen LogP contribution in [0.3, 0.4) is 0 Å². The lowest BCUT2D eigenvalue weighted by Gasteiger charge is -2.30. The Morgan fingerprint density at radius 3 is 2.21 bits per heavy atom. The number of esters is 1. The molecular formula is C23H20ClNO7S. The minimum Gasteiger partial charge on any atom is -0.507 e. The maximum atomic E-state index is 13.1. The molecule has 2 unspecified atom stereocenters. The van der Waals surface area contributed by atoms with Crippen LogP contribution in [0.1, 0.15) is 33.9 Å². The molecule has 1 amide bonds. The monoisotopic (exact) mass is 489 g/mol. The third-order valence-electron chi connectivity index (χ3n) is 5.85. The predicted molar refractivity (Wildman–Crippen MR) is 120 cm³/mol. The second-order valence-electron chi connectivity index (χ2n) is 7.88. The number of nitrogens with zero attached hydrogens (tertiary/aromatic N) is 1. The molecule has 33 heavy (non-hydrogen) atoms. The van der Waals surface area contributed by atoms with Crippen molar-refractivity contribution < 1.29 is 32.6 Å². The van der Waals surface area contributed by atoms with E-state index in [1.54, 1.807) is 12.1 Å². The Kier molecular flexibility index (Phi) is 6.02. The molecule has 2 fully saturated rings. The van der Waals surface area contributed by atoms with Crippen LogP contribution in [-0.4, -0.2) is 60.7 Å². The van der Waals surface area contributed by atoms with Crippen LogP contribution in [0.5, 0.6) is 0 Å². The first-order chi connectivity index (χ1) is 15.6. The average Bonchev–Trinajstić information content (AvgIpc) is 3.29. The molecule has 0 aliphatic carbocycles. The molecule has 2 atom stereocenters. The molecule has 2 aromatic carbocycles. The summed E-state index contributed by atoms with van der Waals surface area (Å²) in [6.07, 6.45) is 0.188. The zero-order chi connectivity index (χ0) is 23.9. The Hall–Kier alpha value is -3.17. The molecule has 10 heteroatoms. The number of aliphatic hydroxyl groups excluding tert-OH is 1. The minimum absolute atomic E-state index is 0.0914. The number of methoxy groups -OCH3 is 1. The molecule has 2 aliphatic heterocycles. The SMILES string of the molecule is COC(=O)c1ccc(C2/C(=C(\O)c3ccc(Cl)cc3)C(=O)C(=O)N2C2CCS(=O)(=O)C2)cc1. The summed E-state index contributed by atoms with van der Waals surface area (Å²) in [6.45, 7) is 0. The minimum atomic E-state index is -3.36. The smallest absolute Gasteiger partial charge is 0.337 e. The fraction of sp³-hybridized carbons (Fsp3) is 0.261. The maximum absolute atomic E-state index is 13.1. The summed E-state index contributed by atoms with van der Waals surface area (Å²) in [5.74, 6) is -3.10. The molecule has 2 heterocycles. The number of sulfone groups is 1. The number of hydrogen-bond acceptors (Lipinski definition) is 7. The Balaban J connectivity index is 1.86. The summed E-state index contributed by atoms with van der Waals surface area (Å²) < 4.78 is 28.9. The van der Waals surface area contributed by atoms with Gasteiger partial charge in [-0.15, -0.1) is 0 Å². The molecule has 0 aromatic heterocycles. The highest BCUT2D eigenvalue weighted by atomic mass is 35.5. The van der Waals surface area contributed by atoms with Gasteiger partial charge in [0.05, 0.1) is 35.8 Å². The van der Waals surface area contributed by atoms with Crippen molar-refractivity contribution in [1.29, 1.82) is 0 Å². The average molecular weight is 490 g/mol. The quantitative estimate of drug-likeness (QED) is 0.303. The number of aliphatic hydroxyl groups is 1. The molecule has 4 rings (SSSR count). The van der Waals surface area contributed by atoms with Crippen LogP contribution in [0.15, 0.2) is 54.1 Å². The number of likely N-dealkylation sites (tertiary alicyclic amines) is 1. The van der Waals surface area contributed by atoms with Crippen LogP contribution >= 0.6 is 11.6 Å². The number of ether oxygens (including phenoxy) is 1. The van der Waals surface area contributed by atoms with E-state index in [0.717, 1.165) is 0 Å². The summed E-state index contributed by atoms with van der Waals surface area (Å²) in [7, 11) is -2.11. The lowest BCUT2D eigenvalue weighted by molar-refractivity contribution is -0.141. The number of ketones is 1. The molecule has 0 spiro atoms. The first kappa shape index (κ1) is 23.0. The molecule has 2 saturated heterocycles. The van der Waals surface area contributed by atoms with E-state index in [0.29, 0.717) is 10.6 Å². The molecule has 1 N–H and O–H groups in total. The summed E-state index contributed by atoms with van der Waals surface area (Å²) in [6, 6.07) is 10.4. The second kappa shape index (κ2) is 8.64. The third-order valence-corrected chi connectivity index (χ3v) is 7.85. The van der Waals surface area contributed by atoms with Crippen molar-refractivity contribution in [2.45, 2.75) is 18.5 Å². The van der Waals surface area contributed by atoms with E-state index >= 15 is 0 Å². The third kappa shape index (κ3) is 4.26. The summed E-state index contributed by atoms with van der Waals surface area (Å²) in [4.78, 5) is 39.2. The van der Waals surface area contributed by atoms with Crippen LogP contribution in [0.2, 0.25) is 5.02 Å². The van der Waals surface area contributed by atoms with Gasteiger partial charge in [-0.1, -0.05) is 23.7 Å². The van der Waals surface area contributed by atoms with Crippen LogP contribution in [-0.2, 0) is 24.2 Å². The normalized spacial score (nSPS) is 23.6. The molecule has 2 aromatic rings. The Labute approximate surface area is 195 Å². The van der Waals surface area contributed by atoms with Crippen molar-refractivity contribution in [3.05, 3.63) is 75.8 Å². The highest BCUT2D eigenvalue weighted by molar-refractivity contribution is 7.91. The van der Waals surface area contributed by atoms with Gasteiger partial charge in [-0.05, 0) is 48.4 Å². The van der Waals surface area contributed by atoms with E-state index in [9.17, 15) is 27.9 Å². The maximum Gasteiger partial charge on any atom is 0.337 e. The number of carbonyl (C=O) groups excluding carboxylic acids is 3. The first-order valence-electron chi connectivity index (χ1n) is 10.1. The predicted octanol–water partition coefficient (Wildman–Crippen LogP) is 2.74. The Morgan fingerprint density at radius 2 is 1.67 bits per heavy atom. The number of carbonyl (C=O) groups is 3. The van der Waals surface area contributed by atoms with Crippen molar-refractivity contribution in [3.8, 4) is 0 Å². The van der Waals surface area contributed by atoms with Gasteiger partial charge in [-0.25, -0.2) is 13.2 Å². The van der Waals surface area contributed by atoms with Crippen LogP contribution in [0.4, 0.5) is 0 Å². The lowest BCUT2D eigenvalue weighted by atomic mass is 9.94. The van der Waals surface area contributed by atoms with Gasteiger partial charge >= 0.3 is 5.97 Å². The fourth-order valence-electron chi connectivity index (χ4n) is 4.23. The molecular weight excluding hydrogens is 470 g/mol. The lowest BCUT2D eigenvalue weighted by Crippen LogP contribution is -2.40. The molecule has 0 bridgehead atoms. The van der Waals surface area contributed by atoms with Gasteiger partial charge in [-0.2, -0.15) is 0 Å². The highest BCUT2D eigenvalue weighted by Crippen LogP contribution is 2.42. The van der Waals surface area contributed by atoms with E-state index in [-0.39, 0.29) is 34.6 Å². The van der Waals surface area contributed by atoms with Gasteiger partial charge < -0.3 is 14.7 Å². The highest BCUT2D eigenvalue weighted by Gasteiger charge is 2.50. The Bertz CT molecular complexity index is 1270. The zero-order valence-corrected chi connectivity index (χ0v) is 19.1. The number of Topliss-reactive ketones (excluding diaryl/α,β-unsaturated/α-hetero) is 1. The van der Waals surface area contributed by atoms with E-state index in [1.165, 1.54) is 48.4 Å². The van der Waals surface area contributed by atoms with Gasteiger partial charge in [0.25, 0.3) is 11.7 Å². The summed E-state index contributed by atoms with van der Waals surface area (Å²) >= 11 is 5.92. The van der Waals surface area contributed by atoms with E-state index < -0.39 is 45.3 Å². The van der Waals surface area contributed by atoms with Gasteiger partial charge in [0, 0.05) is 16.6 Å². The topological polar surface area (TPSA) is 118 Å². The van der Waals surface area contributed by atoms with E-state index in [2.05, 4.69) is 0 Å². The van der Waals surface area contributed by atoms with Gasteiger partial charge in [0.1, 0.15) is 5.76 Å². The van der Waals surface area contributed by atoms with E-state index in [1.807, 2.05) is 0 Å². The van der Waals surface area contributed by atoms with Crippen LogP contribution in [0, 0.1) is 0 Å². The number of hydrogen-bond donors (Lipinski definition) is 1.